The van der Waals surface area contributed by atoms with Gasteiger partial charge in [-0.15, -0.1) is 0 Å². The van der Waals surface area contributed by atoms with Crippen LogP contribution in [0.4, 0.5) is 8.78 Å². The molecule has 0 amide bonds. The zero-order valence-electron chi connectivity index (χ0n) is 16.5. The van der Waals surface area contributed by atoms with Crippen LogP contribution < -0.4 is 11.2 Å². The van der Waals surface area contributed by atoms with Gasteiger partial charge in [0.15, 0.2) is 0 Å². The number of pyridine rings is 2. The van der Waals surface area contributed by atoms with E-state index >= 15 is 0 Å². The number of aromatic nitrogens is 4. The minimum Gasteiger partial charge on any atom is -0.278 e. The average molecular weight is 486 g/mol. The van der Waals surface area contributed by atoms with Crippen LogP contribution in [0.3, 0.4) is 0 Å². The maximum absolute atomic E-state index is 13.8. The van der Waals surface area contributed by atoms with Crippen molar-refractivity contribution in [2.24, 2.45) is 0 Å². The van der Waals surface area contributed by atoms with Crippen molar-refractivity contribution in [3.63, 3.8) is 0 Å². The Bertz CT molecular complexity index is 1540. The Morgan fingerprint density at radius 3 is 2.39 bits per heavy atom. The van der Waals surface area contributed by atoms with Crippen LogP contribution in [0.5, 0.6) is 0 Å². The summed E-state index contributed by atoms with van der Waals surface area (Å²) in [4.78, 5) is 34.6. The lowest BCUT2D eigenvalue weighted by atomic mass is 10.0. The van der Waals surface area contributed by atoms with Crippen LogP contribution >= 0.6 is 23.2 Å². The van der Waals surface area contributed by atoms with Crippen LogP contribution in [0.1, 0.15) is 0 Å². The Labute approximate surface area is 194 Å². The zero-order valence-corrected chi connectivity index (χ0v) is 18.0. The smallest absolute Gasteiger partial charge is 0.278 e. The van der Waals surface area contributed by atoms with Crippen molar-refractivity contribution in [3.05, 3.63) is 97.6 Å². The molecule has 0 spiro atoms. The second-order valence-electron chi connectivity index (χ2n) is 6.75. The van der Waals surface area contributed by atoms with Gasteiger partial charge in [0.2, 0.25) is 5.95 Å². The third kappa shape index (κ3) is 4.14. The van der Waals surface area contributed by atoms with Crippen molar-refractivity contribution in [1.82, 2.24) is 19.1 Å². The highest BCUT2D eigenvalue weighted by Gasteiger charge is 2.24. The number of benzene rings is 1. The fraction of sp³-hybridized carbons (Fsp3) is 0.0455. The normalized spacial score (nSPS) is 10.8. The lowest BCUT2D eigenvalue weighted by Gasteiger charge is -2.18. The van der Waals surface area contributed by atoms with Gasteiger partial charge in [0.25, 0.3) is 5.56 Å². The lowest BCUT2D eigenvalue weighted by molar-refractivity contribution is 0.584. The molecule has 3 aromatic heterocycles. The van der Waals surface area contributed by atoms with Crippen LogP contribution in [0, 0.1) is 23.1 Å². The van der Waals surface area contributed by atoms with E-state index in [1.165, 1.54) is 36.7 Å². The number of rotatable bonds is 4. The molecule has 164 valence electrons. The predicted molar refractivity (Wildman–Crippen MR) is 118 cm³/mol. The highest BCUT2D eigenvalue weighted by atomic mass is 35.5. The highest BCUT2D eigenvalue weighted by molar-refractivity contribution is 6.31. The number of nitriles is 1. The number of hydrogen-bond donors (Lipinski definition) is 0. The van der Waals surface area contributed by atoms with E-state index in [0.717, 1.165) is 27.5 Å². The van der Waals surface area contributed by atoms with E-state index in [1.54, 1.807) is 0 Å². The van der Waals surface area contributed by atoms with Gasteiger partial charge in [-0.05, 0) is 35.9 Å². The van der Waals surface area contributed by atoms with Gasteiger partial charge in [-0.2, -0.15) is 9.65 Å². The summed E-state index contributed by atoms with van der Waals surface area (Å²) in [5.41, 5.74) is -1.34. The first-order valence-electron chi connectivity index (χ1n) is 9.27. The first-order chi connectivity index (χ1) is 15.8. The predicted octanol–water partition coefficient (Wildman–Crippen LogP) is 4.23. The Morgan fingerprint density at radius 1 is 1.00 bits per heavy atom. The quantitative estimate of drug-likeness (QED) is 0.403. The maximum Gasteiger partial charge on any atom is 0.337 e. The molecule has 0 aliphatic carbocycles. The topological polar surface area (TPSA) is 93.6 Å². The second-order valence-corrected chi connectivity index (χ2v) is 7.59. The second kappa shape index (κ2) is 8.94. The molecule has 0 aliphatic heterocycles. The molecule has 0 atom stereocenters. The van der Waals surface area contributed by atoms with Crippen LogP contribution in [-0.2, 0) is 6.54 Å². The summed E-state index contributed by atoms with van der Waals surface area (Å²) in [5, 5.41) is 9.31. The third-order valence-electron chi connectivity index (χ3n) is 4.73. The molecule has 0 N–H and O–H groups in total. The molecular formula is C22H11Cl2F2N5O2. The Morgan fingerprint density at radius 2 is 1.76 bits per heavy atom. The Kier molecular flexibility index (Phi) is 6.05. The van der Waals surface area contributed by atoms with Gasteiger partial charge in [0.1, 0.15) is 12.4 Å². The van der Waals surface area contributed by atoms with Crippen LogP contribution in [0.15, 0.2) is 64.6 Å². The molecule has 0 saturated carbocycles. The number of hydrogen-bond acceptors (Lipinski definition) is 5. The van der Waals surface area contributed by atoms with Gasteiger partial charge in [-0.3, -0.25) is 14.3 Å². The average Bonchev–Trinajstić information content (AvgIpc) is 2.78. The van der Waals surface area contributed by atoms with E-state index in [1.807, 2.05) is 6.07 Å². The molecule has 0 radical (unpaired) electrons. The Hall–Kier alpha value is -3.87. The molecule has 33 heavy (non-hydrogen) atoms. The molecule has 1 aromatic carbocycles. The van der Waals surface area contributed by atoms with Gasteiger partial charge >= 0.3 is 5.69 Å². The molecule has 3 heterocycles. The third-order valence-corrected chi connectivity index (χ3v) is 5.23. The van der Waals surface area contributed by atoms with Gasteiger partial charge in [-0.1, -0.05) is 29.3 Å². The van der Waals surface area contributed by atoms with E-state index < -0.39 is 29.6 Å². The molecule has 4 aromatic rings. The van der Waals surface area contributed by atoms with Crippen LogP contribution in [-0.4, -0.2) is 19.1 Å². The molecule has 0 unspecified atom stereocenters. The molecule has 0 fully saturated rings. The number of halogens is 4. The first-order valence-corrected chi connectivity index (χ1v) is 10.0. The van der Waals surface area contributed by atoms with Crippen molar-refractivity contribution < 1.29 is 8.78 Å². The molecule has 0 bridgehead atoms. The van der Waals surface area contributed by atoms with Crippen molar-refractivity contribution in [1.29, 1.82) is 5.26 Å². The monoisotopic (exact) mass is 485 g/mol. The summed E-state index contributed by atoms with van der Waals surface area (Å²) in [5.74, 6) is -1.49. The van der Waals surface area contributed by atoms with Crippen molar-refractivity contribution in [2.75, 3.05) is 0 Å². The molecule has 4 rings (SSSR count). The van der Waals surface area contributed by atoms with Crippen LogP contribution in [0.25, 0.3) is 28.1 Å². The molecular weight excluding hydrogens is 475 g/mol. The molecule has 7 nitrogen and oxygen atoms in total. The summed E-state index contributed by atoms with van der Waals surface area (Å²) in [7, 11) is 0. The van der Waals surface area contributed by atoms with Gasteiger partial charge < -0.3 is 0 Å². The van der Waals surface area contributed by atoms with Crippen molar-refractivity contribution >= 4 is 23.2 Å². The van der Waals surface area contributed by atoms with E-state index in [-0.39, 0.29) is 38.1 Å². The summed E-state index contributed by atoms with van der Waals surface area (Å²) in [6.45, 7) is -0.457. The van der Waals surface area contributed by atoms with Gasteiger partial charge in [0, 0.05) is 18.0 Å². The van der Waals surface area contributed by atoms with Gasteiger partial charge in [-0.25, -0.2) is 18.7 Å². The lowest BCUT2D eigenvalue weighted by Crippen LogP contribution is -2.40. The van der Waals surface area contributed by atoms with Crippen molar-refractivity contribution in [2.45, 2.75) is 6.54 Å². The summed E-state index contributed by atoms with van der Waals surface area (Å²) < 4.78 is 29.2. The minimum absolute atomic E-state index is 0.00652. The van der Waals surface area contributed by atoms with E-state index in [2.05, 4.69) is 9.97 Å². The summed E-state index contributed by atoms with van der Waals surface area (Å²) >= 11 is 11.9. The number of nitrogens with zero attached hydrogens (tertiary/aromatic N) is 5. The zero-order chi connectivity index (χ0) is 23.7. The Balaban J connectivity index is 2.21. The first kappa shape index (κ1) is 22.3. The van der Waals surface area contributed by atoms with Crippen LogP contribution in [0.2, 0.25) is 10.0 Å². The summed E-state index contributed by atoms with van der Waals surface area (Å²) in [6.07, 6.45) is 3.70. The molecule has 11 heteroatoms. The fourth-order valence-corrected chi connectivity index (χ4v) is 3.70. The van der Waals surface area contributed by atoms with E-state index in [4.69, 9.17) is 23.2 Å². The maximum atomic E-state index is 13.8. The van der Waals surface area contributed by atoms with E-state index in [9.17, 15) is 23.6 Å². The largest absolute Gasteiger partial charge is 0.337 e. The minimum atomic E-state index is -0.859. The standard InChI is InChI=1S/C22H11Cl2F2N5O2/c23-14-8-15(11-28-10-14)31-21(32)19(12-1-3-17(25)16(24)7-12)20(30(6-5-27)22(31)33)13-2-4-18(26)29-9-13/h1-4,7-11H,6H2. The van der Waals surface area contributed by atoms with E-state index in [0.29, 0.717) is 0 Å². The van der Waals surface area contributed by atoms with Gasteiger partial charge in [0.05, 0.1) is 39.3 Å². The SMILES string of the molecule is N#CCn1c(-c2ccc(F)nc2)c(-c2ccc(F)c(Cl)c2)c(=O)n(-c2cncc(Cl)c2)c1=O. The molecule has 0 aliphatic rings. The summed E-state index contributed by atoms with van der Waals surface area (Å²) in [6, 6.07) is 9.18. The highest BCUT2D eigenvalue weighted by Crippen LogP contribution is 2.31. The van der Waals surface area contributed by atoms with Crippen molar-refractivity contribution in [3.8, 4) is 34.1 Å². The molecule has 0 saturated heterocycles. The fourth-order valence-electron chi connectivity index (χ4n) is 3.35.